The van der Waals surface area contributed by atoms with Crippen molar-refractivity contribution in [3.05, 3.63) is 39.9 Å². The lowest BCUT2D eigenvalue weighted by Gasteiger charge is -2.23. The number of likely N-dealkylation sites (tertiary alicyclic amines) is 1. The number of unbranched alkanes of at least 4 members (excludes halogenated alkanes) is 1. The molecule has 0 saturated carbocycles. The fraction of sp³-hybridized carbons (Fsp3) is 0.579. The van der Waals surface area contributed by atoms with E-state index in [9.17, 15) is 19.7 Å². The molecule has 0 bridgehead atoms. The molecule has 1 aromatic carbocycles. The number of carbonyl (C=O) groups is 2. The first-order valence-corrected chi connectivity index (χ1v) is 9.38. The van der Waals surface area contributed by atoms with E-state index in [1.165, 1.54) is 4.90 Å². The van der Waals surface area contributed by atoms with Crippen LogP contribution in [0.15, 0.2) is 24.3 Å². The van der Waals surface area contributed by atoms with Gasteiger partial charge >= 0.3 is 5.97 Å². The van der Waals surface area contributed by atoms with Crippen molar-refractivity contribution < 1.29 is 24.3 Å². The van der Waals surface area contributed by atoms with E-state index in [-0.39, 0.29) is 25.4 Å². The van der Waals surface area contributed by atoms with Crippen LogP contribution in [0.1, 0.15) is 51.0 Å². The van der Waals surface area contributed by atoms with Crippen molar-refractivity contribution in [3.8, 4) is 5.75 Å². The Morgan fingerprint density at radius 3 is 2.89 bits per heavy atom. The second kappa shape index (κ2) is 10.5. The zero-order valence-corrected chi connectivity index (χ0v) is 15.6. The Kier molecular flexibility index (Phi) is 8.03. The SMILES string of the molecule is CCCCc1cccc(OC(=O)C2CCCN2C(=O)CCCO[N+](=O)[O-])c1. The van der Waals surface area contributed by atoms with Crippen LogP contribution in [0.5, 0.6) is 5.75 Å². The summed E-state index contributed by atoms with van der Waals surface area (Å²) in [7, 11) is 0. The molecule has 8 heteroatoms. The second-order valence-electron chi connectivity index (χ2n) is 6.58. The molecular formula is C19H26N2O6. The summed E-state index contributed by atoms with van der Waals surface area (Å²) in [6, 6.07) is 6.87. The van der Waals surface area contributed by atoms with Gasteiger partial charge in [-0.15, -0.1) is 10.1 Å². The van der Waals surface area contributed by atoms with Gasteiger partial charge in [-0.2, -0.15) is 0 Å². The monoisotopic (exact) mass is 378 g/mol. The van der Waals surface area contributed by atoms with Crippen molar-refractivity contribution in [1.29, 1.82) is 0 Å². The molecule has 0 radical (unpaired) electrons. The minimum atomic E-state index is -0.880. The third-order valence-corrected chi connectivity index (χ3v) is 4.51. The molecule has 27 heavy (non-hydrogen) atoms. The molecule has 0 aromatic heterocycles. The molecule has 1 fully saturated rings. The summed E-state index contributed by atoms with van der Waals surface area (Å²) in [5.41, 5.74) is 1.12. The average Bonchev–Trinajstić information content (AvgIpc) is 3.13. The van der Waals surface area contributed by atoms with Crippen molar-refractivity contribution in [2.75, 3.05) is 13.2 Å². The van der Waals surface area contributed by atoms with Gasteiger partial charge in [0.15, 0.2) is 0 Å². The highest BCUT2D eigenvalue weighted by molar-refractivity contribution is 5.86. The van der Waals surface area contributed by atoms with Crippen LogP contribution in [0.25, 0.3) is 0 Å². The molecule has 1 saturated heterocycles. The molecule has 1 heterocycles. The molecule has 1 aromatic rings. The number of esters is 1. The van der Waals surface area contributed by atoms with Crippen molar-refractivity contribution in [2.24, 2.45) is 0 Å². The molecule has 8 nitrogen and oxygen atoms in total. The van der Waals surface area contributed by atoms with Gasteiger partial charge < -0.3 is 14.5 Å². The van der Waals surface area contributed by atoms with Gasteiger partial charge in [-0.1, -0.05) is 25.5 Å². The van der Waals surface area contributed by atoms with Gasteiger partial charge in [0.05, 0.1) is 6.61 Å². The van der Waals surface area contributed by atoms with Crippen LogP contribution >= 0.6 is 0 Å². The number of ether oxygens (including phenoxy) is 1. The number of benzene rings is 1. The van der Waals surface area contributed by atoms with Crippen LogP contribution < -0.4 is 4.74 Å². The lowest BCUT2D eigenvalue weighted by molar-refractivity contribution is -0.757. The topological polar surface area (TPSA) is 99.0 Å². The molecule has 148 valence electrons. The van der Waals surface area contributed by atoms with Crippen molar-refractivity contribution >= 4 is 11.9 Å². The molecule has 1 unspecified atom stereocenters. The van der Waals surface area contributed by atoms with Crippen LogP contribution in [-0.4, -0.2) is 41.1 Å². The Hall–Kier alpha value is -2.64. The van der Waals surface area contributed by atoms with Gasteiger partial charge in [0.1, 0.15) is 11.8 Å². The van der Waals surface area contributed by atoms with E-state index >= 15 is 0 Å². The predicted octanol–water partition coefficient (Wildman–Crippen LogP) is 2.91. The number of hydrogen-bond acceptors (Lipinski definition) is 6. The zero-order valence-electron chi connectivity index (χ0n) is 15.6. The van der Waals surface area contributed by atoms with Crippen molar-refractivity contribution in [2.45, 2.75) is 57.9 Å². The van der Waals surface area contributed by atoms with Gasteiger partial charge in [0.2, 0.25) is 5.91 Å². The predicted molar refractivity (Wildman–Crippen MR) is 97.6 cm³/mol. The Balaban J connectivity index is 1.89. The van der Waals surface area contributed by atoms with E-state index in [4.69, 9.17) is 4.74 Å². The molecule has 1 atom stereocenters. The summed E-state index contributed by atoms with van der Waals surface area (Å²) in [6.45, 7) is 2.48. The Labute approximate surface area is 158 Å². The van der Waals surface area contributed by atoms with Gasteiger partial charge in [-0.25, -0.2) is 4.79 Å². The summed E-state index contributed by atoms with van der Waals surface area (Å²) in [5, 5.41) is 9.24. The second-order valence-corrected chi connectivity index (χ2v) is 6.58. The number of hydrogen-bond donors (Lipinski definition) is 0. The van der Waals surface area contributed by atoms with Crippen LogP contribution in [0.4, 0.5) is 0 Å². The Morgan fingerprint density at radius 2 is 2.15 bits per heavy atom. The lowest BCUT2D eigenvalue weighted by atomic mass is 10.1. The number of carbonyl (C=O) groups excluding carboxylic acids is 2. The van der Waals surface area contributed by atoms with Crippen molar-refractivity contribution in [3.63, 3.8) is 0 Å². The first kappa shape index (κ1) is 20.7. The first-order valence-electron chi connectivity index (χ1n) is 9.38. The largest absolute Gasteiger partial charge is 0.425 e. The zero-order chi connectivity index (χ0) is 19.6. The van der Waals surface area contributed by atoms with Gasteiger partial charge in [-0.05, 0) is 49.8 Å². The maximum absolute atomic E-state index is 12.5. The molecule has 0 spiro atoms. The quantitative estimate of drug-likeness (QED) is 0.204. The number of aryl methyl sites for hydroxylation is 1. The van der Waals surface area contributed by atoms with Gasteiger partial charge in [0, 0.05) is 13.0 Å². The Morgan fingerprint density at radius 1 is 1.33 bits per heavy atom. The fourth-order valence-corrected chi connectivity index (χ4v) is 3.15. The highest BCUT2D eigenvalue weighted by Crippen LogP contribution is 2.22. The molecule has 0 aliphatic carbocycles. The molecule has 2 rings (SSSR count). The van der Waals surface area contributed by atoms with Gasteiger partial charge in [0.25, 0.3) is 5.09 Å². The van der Waals surface area contributed by atoms with Crippen LogP contribution in [0, 0.1) is 10.1 Å². The summed E-state index contributed by atoms with van der Waals surface area (Å²) in [4.78, 5) is 40.7. The highest BCUT2D eigenvalue weighted by atomic mass is 16.9. The molecule has 1 aliphatic heterocycles. The van der Waals surface area contributed by atoms with E-state index in [1.807, 2.05) is 18.2 Å². The number of amides is 1. The summed E-state index contributed by atoms with van der Waals surface area (Å²) in [5.74, 6) is -0.152. The molecule has 1 aliphatic rings. The third kappa shape index (κ3) is 6.54. The molecule has 0 N–H and O–H groups in total. The molecular weight excluding hydrogens is 352 g/mol. The number of rotatable bonds is 10. The summed E-state index contributed by atoms with van der Waals surface area (Å²) >= 11 is 0. The molecule has 1 amide bonds. The Bertz CT molecular complexity index is 663. The smallest absolute Gasteiger partial charge is 0.334 e. The van der Waals surface area contributed by atoms with E-state index in [0.717, 1.165) is 31.2 Å². The van der Waals surface area contributed by atoms with E-state index in [2.05, 4.69) is 11.8 Å². The summed E-state index contributed by atoms with van der Waals surface area (Å²) < 4.78 is 5.51. The maximum Gasteiger partial charge on any atom is 0.334 e. The van der Waals surface area contributed by atoms with E-state index in [0.29, 0.717) is 18.7 Å². The normalized spacial score (nSPS) is 16.2. The van der Waals surface area contributed by atoms with Crippen LogP contribution in [-0.2, 0) is 20.8 Å². The maximum atomic E-state index is 12.5. The van der Waals surface area contributed by atoms with Crippen LogP contribution in [0.3, 0.4) is 0 Å². The minimum Gasteiger partial charge on any atom is -0.425 e. The standard InChI is InChI=1S/C19H26N2O6/c1-2-3-7-15-8-4-9-16(14-15)27-19(23)17-10-5-12-20(17)18(22)11-6-13-26-21(24)25/h4,8-9,14,17H,2-3,5-7,10-13H2,1H3. The highest BCUT2D eigenvalue weighted by Gasteiger charge is 2.35. The average molecular weight is 378 g/mol. The fourth-order valence-electron chi connectivity index (χ4n) is 3.15. The van der Waals surface area contributed by atoms with Crippen molar-refractivity contribution in [1.82, 2.24) is 4.90 Å². The summed E-state index contributed by atoms with van der Waals surface area (Å²) in [6.07, 6.45) is 4.72. The lowest BCUT2D eigenvalue weighted by Crippen LogP contribution is -2.42. The third-order valence-electron chi connectivity index (χ3n) is 4.51. The van der Waals surface area contributed by atoms with E-state index in [1.54, 1.807) is 6.07 Å². The minimum absolute atomic E-state index is 0.101. The number of nitrogens with zero attached hydrogens (tertiary/aromatic N) is 2. The first-order chi connectivity index (χ1) is 13.0. The van der Waals surface area contributed by atoms with Gasteiger partial charge in [-0.3, -0.25) is 4.79 Å². The van der Waals surface area contributed by atoms with E-state index < -0.39 is 17.1 Å². The van der Waals surface area contributed by atoms with Crippen LogP contribution in [0.2, 0.25) is 0 Å².